The molecule has 0 aromatic heterocycles. The maximum absolute atomic E-state index is 11.1. The van der Waals surface area contributed by atoms with E-state index in [9.17, 15) is 18.3 Å². The maximum Gasteiger partial charge on any atom is 0.220 e. The number of aliphatic hydroxyl groups excluding tert-OH is 1. The van der Waals surface area contributed by atoms with Crippen LogP contribution in [0.1, 0.15) is 19.8 Å². The molecule has 6 heteroatoms. The van der Waals surface area contributed by atoms with Crippen LogP contribution >= 0.6 is 0 Å². The van der Waals surface area contributed by atoms with Crippen LogP contribution in [0.15, 0.2) is 0 Å². The smallest absolute Gasteiger partial charge is 0.220 e. The standard InChI is InChI=1S/C8H15NO4S/c1-2-3-8(11)9-6-4-14(12,13)5-7(6)10/h6-7,10H,2-5H2,1H3,(H,9,11). The second-order valence-corrected chi connectivity index (χ2v) is 5.72. The molecule has 1 aliphatic heterocycles. The van der Waals surface area contributed by atoms with E-state index in [2.05, 4.69) is 5.32 Å². The van der Waals surface area contributed by atoms with E-state index in [4.69, 9.17) is 0 Å². The summed E-state index contributed by atoms with van der Waals surface area (Å²) in [6.07, 6.45) is 0.116. The summed E-state index contributed by atoms with van der Waals surface area (Å²) < 4.78 is 22.2. The van der Waals surface area contributed by atoms with Gasteiger partial charge in [-0.25, -0.2) is 8.42 Å². The van der Waals surface area contributed by atoms with E-state index in [1.165, 1.54) is 0 Å². The van der Waals surface area contributed by atoms with Crippen LogP contribution in [0.3, 0.4) is 0 Å². The highest BCUT2D eigenvalue weighted by Gasteiger charge is 2.36. The molecule has 1 saturated heterocycles. The Kier molecular flexibility index (Phi) is 3.49. The summed E-state index contributed by atoms with van der Waals surface area (Å²) in [5.41, 5.74) is 0. The number of hydrogen-bond donors (Lipinski definition) is 2. The van der Waals surface area contributed by atoms with Crippen molar-refractivity contribution in [1.82, 2.24) is 5.32 Å². The molecule has 14 heavy (non-hydrogen) atoms. The van der Waals surface area contributed by atoms with Crippen molar-refractivity contribution in [2.24, 2.45) is 0 Å². The number of amides is 1. The van der Waals surface area contributed by atoms with Gasteiger partial charge in [-0.05, 0) is 6.42 Å². The zero-order valence-electron chi connectivity index (χ0n) is 8.06. The van der Waals surface area contributed by atoms with Gasteiger partial charge >= 0.3 is 0 Å². The lowest BCUT2D eigenvalue weighted by molar-refractivity contribution is -0.122. The number of nitrogens with one attached hydrogen (secondary N) is 1. The fourth-order valence-electron chi connectivity index (χ4n) is 1.47. The monoisotopic (exact) mass is 221 g/mol. The van der Waals surface area contributed by atoms with Crippen molar-refractivity contribution >= 4 is 15.7 Å². The van der Waals surface area contributed by atoms with Crippen molar-refractivity contribution < 1.29 is 18.3 Å². The van der Waals surface area contributed by atoms with Crippen LogP contribution in [0.2, 0.25) is 0 Å². The van der Waals surface area contributed by atoms with Crippen LogP contribution in [0.25, 0.3) is 0 Å². The Morgan fingerprint density at radius 1 is 1.50 bits per heavy atom. The number of carbonyl (C=O) groups excluding carboxylic acids is 1. The average molecular weight is 221 g/mol. The Bertz CT molecular complexity index is 311. The first kappa shape index (κ1) is 11.5. The number of aliphatic hydroxyl groups is 1. The second-order valence-electron chi connectivity index (χ2n) is 3.57. The van der Waals surface area contributed by atoms with Crippen molar-refractivity contribution in [1.29, 1.82) is 0 Å². The third-order valence-corrected chi connectivity index (χ3v) is 3.86. The molecule has 1 rings (SSSR count). The van der Waals surface area contributed by atoms with Crippen molar-refractivity contribution in [3.63, 3.8) is 0 Å². The van der Waals surface area contributed by atoms with Crippen LogP contribution in [0.5, 0.6) is 0 Å². The first-order chi connectivity index (χ1) is 6.44. The minimum absolute atomic E-state index is 0.149. The van der Waals surface area contributed by atoms with E-state index in [-0.39, 0.29) is 17.4 Å². The predicted octanol–water partition coefficient (Wildman–Crippen LogP) is -0.939. The van der Waals surface area contributed by atoms with Crippen molar-refractivity contribution in [3.8, 4) is 0 Å². The van der Waals surface area contributed by atoms with Crippen LogP contribution in [0.4, 0.5) is 0 Å². The number of rotatable bonds is 3. The van der Waals surface area contributed by atoms with Crippen molar-refractivity contribution in [2.75, 3.05) is 11.5 Å². The zero-order chi connectivity index (χ0) is 10.8. The Hall–Kier alpha value is -0.620. The summed E-state index contributed by atoms with van der Waals surface area (Å²) in [7, 11) is -3.17. The largest absolute Gasteiger partial charge is 0.390 e. The third kappa shape index (κ3) is 2.95. The molecule has 1 heterocycles. The van der Waals surface area contributed by atoms with Gasteiger partial charge in [0.05, 0.1) is 23.7 Å². The molecule has 1 amide bonds. The van der Waals surface area contributed by atoms with Gasteiger partial charge in [0.25, 0.3) is 0 Å². The molecule has 1 aliphatic rings. The van der Waals surface area contributed by atoms with Gasteiger partial charge in [-0.2, -0.15) is 0 Å². The zero-order valence-corrected chi connectivity index (χ0v) is 8.88. The third-order valence-electron chi connectivity index (χ3n) is 2.15. The number of hydrogen-bond acceptors (Lipinski definition) is 4. The van der Waals surface area contributed by atoms with E-state index < -0.39 is 22.0 Å². The first-order valence-electron chi connectivity index (χ1n) is 4.62. The van der Waals surface area contributed by atoms with Gasteiger partial charge < -0.3 is 10.4 Å². The molecule has 1 fully saturated rings. The lowest BCUT2D eigenvalue weighted by Gasteiger charge is -2.14. The molecule has 0 bridgehead atoms. The van der Waals surface area contributed by atoms with Gasteiger partial charge in [0, 0.05) is 6.42 Å². The second kappa shape index (κ2) is 4.27. The molecule has 2 unspecified atom stereocenters. The van der Waals surface area contributed by atoms with E-state index in [0.29, 0.717) is 12.8 Å². The van der Waals surface area contributed by atoms with Crippen LogP contribution in [-0.2, 0) is 14.6 Å². The summed E-state index contributed by atoms with van der Waals surface area (Å²) in [6.45, 7) is 1.86. The van der Waals surface area contributed by atoms with Gasteiger partial charge in [-0.15, -0.1) is 0 Å². The minimum Gasteiger partial charge on any atom is -0.390 e. The van der Waals surface area contributed by atoms with E-state index >= 15 is 0 Å². The highest BCUT2D eigenvalue weighted by atomic mass is 32.2. The van der Waals surface area contributed by atoms with Gasteiger partial charge in [0.2, 0.25) is 5.91 Å². The molecular weight excluding hydrogens is 206 g/mol. The normalized spacial score (nSPS) is 30.1. The molecule has 0 saturated carbocycles. The Morgan fingerprint density at radius 3 is 2.57 bits per heavy atom. The molecule has 2 N–H and O–H groups in total. The number of sulfone groups is 1. The molecule has 5 nitrogen and oxygen atoms in total. The van der Waals surface area contributed by atoms with Crippen molar-refractivity contribution in [3.05, 3.63) is 0 Å². The van der Waals surface area contributed by atoms with Gasteiger partial charge in [-0.3, -0.25) is 4.79 Å². The summed E-state index contributed by atoms with van der Waals surface area (Å²) in [5.74, 6) is -0.595. The molecular formula is C8H15NO4S. The maximum atomic E-state index is 11.1. The minimum atomic E-state index is -3.17. The Balaban J connectivity index is 2.51. The molecule has 0 aromatic carbocycles. The van der Waals surface area contributed by atoms with Crippen LogP contribution in [0, 0.1) is 0 Å². The lowest BCUT2D eigenvalue weighted by Crippen LogP contribution is -2.42. The van der Waals surface area contributed by atoms with Gasteiger partial charge in [0.1, 0.15) is 0 Å². The lowest BCUT2D eigenvalue weighted by atomic mass is 10.2. The molecule has 0 aliphatic carbocycles. The van der Waals surface area contributed by atoms with Gasteiger partial charge in [-0.1, -0.05) is 6.92 Å². The Labute approximate surface area is 83.4 Å². The molecule has 2 atom stereocenters. The molecule has 0 aromatic rings. The predicted molar refractivity (Wildman–Crippen MR) is 51.5 cm³/mol. The molecule has 82 valence electrons. The highest BCUT2D eigenvalue weighted by molar-refractivity contribution is 7.91. The molecule has 0 radical (unpaired) electrons. The highest BCUT2D eigenvalue weighted by Crippen LogP contribution is 2.12. The summed E-state index contributed by atoms with van der Waals surface area (Å²) in [5, 5.41) is 11.9. The summed E-state index contributed by atoms with van der Waals surface area (Å²) in [4.78, 5) is 11.1. The fraction of sp³-hybridized carbons (Fsp3) is 0.875. The van der Waals surface area contributed by atoms with E-state index in [0.717, 1.165) is 0 Å². The number of carbonyl (C=O) groups is 1. The van der Waals surface area contributed by atoms with E-state index in [1.807, 2.05) is 6.92 Å². The topological polar surface area (TPSA) is 83.5 Å². The van der Waals surface area contributed by atoms with Crippen LogP contribution in [-0.4, -0.2) is 43.1 Å². The fourth-order valence-corrected chi connectivity index (χ4v) is 3.21. The average Bonchev–Trinajstić information content (AvgIpc) is 2.25. The molecule has 0 spiro atoms. The van der Waals surface area contributed by atoms with Crippen LogP contribution < -0.4 is 5.32 Å². The summed E-state index contributed by atoms with van der Waals surface area (Å²) in [6, 6.07) is -0.626. The van der Waals surface area contributed by atoms with Gasteiger partial charge in [0.15, 0.2) is 9.84 Å². The SMILES string of the molecule is CCCC(=O)NC1CS(=O)(=O)CC1O. The Morgan fingerprint density at radius 2 is 2.14 bits per heavy atom. The summed E-state index contributed by atoms with van der Waals surface area (Å²) >= 11 is 0. The van der Waals surface area contributed by atoms with Crippen molar-refractivity contribution in [2.45, 2.75) is 31.9 Å². The first-order valence-corrected chi connectivity index (χ1v) is 6.44. The quantitative estimate of drug-likeness (QED) is 0.644. The van der Waals surface area contributed by atoms with E-state index in [1.54, 1.807) is 0 Å².